The number of nitrogens with one attached hydrogen (secondary N) is 1. The van der Waals surface area contributed by atoms with Gasteiger partial charge in [0.2, 0.25) is 0 Å². The first-order valence-electron chi connectivity index (χ1n) is 7.55. The van der Waals surface area contributed by atoms with Crippen LogP contribution in [0.25, 0.3) is 6.08 Å². The maximum atomic E-state index is 12.5. The number of hydrogen-bond acceptors (Lipinski definition) is 3. The summed E-state index contributed by atoms with van der Waals surface area (Å²) in [5.74, 6) is 0.0523. The molecule has 0 saturated carbocycles. The third kappa shape index (κ3) is 4.93. The average molecular weight is 403 g/mol. The molecule has 2 amide bonds. The van der Waals surface area contributed by atoms with Crippen LogP contribution < -0.4 is 10.1 Å². The van der Waals surface area contributed by atoms with E-state index in [1.165, 1.54) is 4.90 Å². The van der Waals surface area contributed by atoms with Crippen molar-refractivity contribution < 1.29 is 14.3 Å². The van der Waals surface area contributed by atoms with Crippen LogP contribution in [0.1, 0.15) is 15.9 Å². The number of rotatable bonds is 5. The van der Waals surface area contributed by atoms with E-state index in [0.29, 0.717) is 11.3 Å². The van der Waals surface area contributed by atoms with Crippen molar-refractivity contribution in [3.8, 4) is 5.75 Å². The minimum absolute atomic E-state index is 0.185. The molecule has 6 heteroatoms. The Bertz CT molecular complexity index is 802. The number of carbonyl (C=O) groups excluding carboxylic acids is 2. The second-order valence-electron chi connectivity index (χ2n) is 5.47. The van der Waals surface area contributed by atoms with Crippen LogP contribution in [-0.4, -0.2) is 37.9 Å². The quantitative estimate of drug-likeness (QED) is 0.780. The lowest BCUT2D eigenvalue weighted by molar-refractivity contribution is -0.124. The number of halogens is 1. The second kappa shape index (κ2) is 8.48. The van der Waals surface area contributed by atoms with Crippen molar-refractivity contribution in [1.82, 2.24) is 10.2 Å². The van der Waals surface area contributed by atoms with Crippen molar-refractivity contribution in [2.75, 3.05) is 21.2 Å². The van der Waals surface area contributed by atoms with E-state index in [1.807, 2.05) is 6.07 Å². The van der Waals surface area contributed by atoms with Gasteiger partial charge in [0.25, 0.3) is 11.8 Å². The van der Waals surface area contributed by atoms with Crippen LogP contribution in [-0.2, 0) is 4.79 Å². The SMILES string of the molecule is COc1ccc(/C=C(/NC(=O)c2ccccc2)C(=O)N(C)C)c(Br)c1. The van der Waals surface area contributed by atoms with E-state index in [1.54, 1.807) is 69.7 Å². The molecule has 0 aliphatic heterocycles. The molecule has 0 radical (unpaired) electrons. The molecular formula is C19H19BrN2O3. The molecule has 0 aliphatic carbocycles. The highest BCUT2D eigenvalue weighted by Gasteiger charge is 2.16. The molecule has 0 heterocycles. The molecule has 0 aliphatic rings. The molecule has 0 spiro atoms. The van der Waals surface area contributed by atoms with Crippen molar-refractivity contribution in [1.29, 1.82) is 0 Å². The Kier molecular flexibility index (Phi) is 6.36. The van der Waals surface area contributed by atoms with Gasteiger partial charge in [0, 0.05) is 24.1 Å². The predicted octanol–water partition coefficient (Wildman–Crippen LogP) is 3.32. The largest absolute Gasteiger partial charge is 0.497 e. The highest BCUT2D eigenvalue weighted by atomic mass is 79.9. The molecular weight excluding hydrogens is 384 g/mol. The number of amides is 2. The zero-order valence-corrected chi connectivity index (χ0v) is 15.8. The van der Waals surface area contributed by atoms with Crippen molar-refractivity contribution in [3.05, 3.63) is 69.8 Å². The van der Waals surface area contributed by atoms with E-state index in [9.17, 15) is 9.59 Å². The van der Waals surface area contributed by atoms with E-state index in [4.69, 9.17) is 4.74 Å². The lowest BCUT2D eigenvalue weighted by Gasteiger charge is -2.15. The van der Waals surface area contributed by atoms with Crippen molar-refractivity contribution in [3.63, 3.8) is 0 Å². The summed E-state index contributed by atoms with van der Waals surface area (Å²) in [5.41, 5.74) is 1.41. The van der Waals surface area contributed by atoms with Gasteiger partial charge in [0.15, 0.2) is 0 Å². The fraction of sp³-hybridized carbons (Fsp3) is 0.158. The van der Waals surface area contributed by atoms with Gasteiger partial charge in [0.1, 0.15) is 11.4 Å². The van der Waals surface area contributed by atoms with E-state index in [-0.39, 0.29) is 17.5 Å². The van der Waals surface area contributed by atoms with Gasteiger partial charge in [-0.1, -0.05) is 40.2 Å². The summed E-state index contributed by atoms with van der Waals surface area (Å²) < 4.78 is 5.92. The maximum Gasteiger partial charge on any atom is 0.269 e. The molecule has 0 saturated heterocycles. The average Bonchev–Trinajstić information content (AvgIpc) is 2.62. The summed E-state index contributed by atoms with van der Waals surface area (Å²) in [6.45, 7) is 0. The van der Waals surface area contributed by atoms with Crippen molar-refractivity contribution in [2.24, 2.45) is 0 Å². The fourth-order valence-electron chi connectivity index (χ4n) is 2.08. The van der Waals surface area contributed by atoms with Crippen LogP contribution >= 0.6 is 15.9 Å². The Morgan fingerprint density at radius 1 is 1.12 bits per heavy atom. The lowest BCUT2D eigenvalue weighted by Crippen LogP contribution is -2.34. The number of ether oxygens (including phenoxy) is 1. The third-order valence-electron chi connectivity index (χ3n) is 3.43. The van der Waals surface area contributed by atoms with E-state index in [2.05, 4.69) is 21.2 Å². The van der Waals surface area contributed by atoms with Crippen molar-refractivity contribution >= 4 is 33.8 Å². The highest BCUT2D eigenvalue weighted by molar-refractivity contribution is 9.10. The normalized spacial score (nSPS) is 11.0. The number of nitrogens with zero attached hydrogens (tertiary/aromatic N) is 1. The third-order valence-corrected chi connectivity index (χ3v) is 4.11. The Morgan fingerprint density at radius 2 is 1.80 bits per heavy atom. The van der Waals surface area contributed by atoms with Crippen LogP contribution in [0.4, 0.5) is 0 Å². The van der Waals surface area contributed by atoms with Crippen LogP contribution in [0.2, 0.25) is 0 Å². The first kappa shape index (κ1) is 18.7. The minimum atomic E-state index is -0.341. The van der Waals surface area contributed by atoms with E-state index >= 15 is 0 Å². The van der Waals surface area contributed by atoms with Gasteiger partial charge in [-0.3, -0.25) is 9.59 Å². The molecule has 0 bridgehead atoms. The predicted molar refractivity (Wildman–Crippen MR) is 101 cm³/mol. The molecule has 2 aromatic rings. The Labute approximate surface area is 155 Å². The minimum Gasteiger partial charge on any atom is -0.497 e. The molecule has 1 N–H and O–H groups in total. The Morgan fingerprint density at radius 3 is 2.36 bits per heavy atom. The zero-order valence-electron chi connectivity index (χ0n) is 14.2. The molecule has 0 unspecified atom stereocenters. The van der Waals surface area contributed by atoms with Gasteiger partial charge < -0.3 is 15.0 Å². The van der Waals surface area contributed by atoms with Gasteiger partial charge in [-0.15, -0.1) is 0 Å². The lowest BCUT2D eigenvalue weighted by atomic mass is 10.1. The van der Waals surface area contributed by atoms with Crippen LogP contribution in [0.3, 0.4) is 0 Å². The molecule has 130 valence electrons. The monoisotopic (exact) mass is 402 g/mol. The molecule has 0 aromatic heterocycles. The van der Waals surface area contributed by atoms with E-state index < -0.39 is 0 Å². The molecule has 25 heavy (non-hydrogen) atoms. The summed E-state index contributed by atoms with van der Waals surface area (Å²) in [4.78, 5) is 26.3. The standard InChI is InChI=1S/C19H19BrN2O3/c1-22(2)19(24)17(21-18(23)13-7-5-4-6-8-13)11-14-9-10-15(25-3)12-16(14)20/h4-12H,1-3H3,(H,21,23)/b17-11+. The summed E-state index contributed by atoms with van der Waals surface area (Å²) >= 11 is 3.45. The summed E-state index contributed by atoms with van der Waals surface area (Å²) in [6, 6.07) is 14.1. The maximum absolute atomic E-state index is 12.5. The number of methoxy groups -OCH3 is 1. The zero-order chi connectivity index (χ0) is 18.4. The number of likely N-dealkylation sites (N-methyl/N-ethyl adjacent to an activating group) is 1. The molecule has 2 rings (SSSR count). The first-order chi connectivity index (χ1) is 11.9. The molecule has 0 fully saturated rings. The summed E-state index contributed by atoms with van der Waals surface area (Å²) in [7, 11) is 4.85. The summed E-state index contributed by atoms with van der Waals surface area (Å²) in [5, 5.41) is 2.70. The first-order valence-corrected chi connectivity index (χ1v) is 8.35. The van der Waals surface area contributed by atoms with Crippen LogP contribution in [0.15, 0.2) is 58.7 Å². The van der Waals surface area contributed by atoms with Gasteiger partial charge in [-0.05, 0) is 35.9 Å². The Hall–Kier alpha value is -2.60. The molecule has 2 aromatic carbocycles. The smallest absolute Gasteiger partial charge is 0.269 e. The van der Waals surface area contributed by atoms with Gasteiger partial charge >= 0.3 is 0 Å². The number of hydrogen-bond donors (Lipinski definition) is 1. The second-order valence-corrected chi connectivity index (χ2v) is 6.32. The highest BCUT2D eigenvalue weighted by Crippen LogP contribution is 2.25. The fourth-order valence-corrected chi connectivity index (χ4v) is 2.56. The molecule has 5 nitrogen and oxygen atoms in total. The van der Waals surface area contributed by atoms with E-state index in [0.717, 1.165) is 10.0 Å². The molecule has 0 atom stereocenters. The Balaban J connectivity index is 2.36. The van der Waals surface area contributed by atoms with Crippen LogP contribution in [0, 0.1) is 0 Å². The van der Waals surface area contributed by atoms with Crippen molar-refractivity contribution in [2.45, 2.75) is 0 Å². The number of carbonyl (C=O) groups is 2. The van der Waals surface area contributed by atoms with Gasteiger partial charge in [-0.25, -0.2) is 0 Å². The van der Waals surface area contributed by atoms with Gasteiger partial charge in [-0.2, -0.15) is 0 Å². The van der Waals surface area contributed by atoms with Gasteiger partial charge in [0.05, 0.1) is 7.11 Å². The topological polar surface area (TPSA) is 58.6 Å². The summed E-state index contributed by atoms with van der Waals surface area (Å²) in [6.07, 6.45) is 1.63. The number of benzene rings is 2. The van der Waals surface area contributed by atoms with Crippen LogP contribution in [0.5, 0.6) is 5.75 Å².